The Bertz CT molecular complexity index is 1040. The zero-order valence-electron chi connectivity index (χ0n) is 16.6. The van der Waals surface area contributed by atoms with Crippen LogP contribution in [0.3, 0.4) is 0 Å². The van der Waals surface area contributed by atoms with Crippen LogP contribution >= 0.6 is 11.6 Å². The van der Waals surface area contributed by atoms with E-state index in [0.29, 0.717) is 41.4 Å². The van der Waals surface area contributed by atoms with E-state index in [1.54, 1.807) is 17.7 Å². The van der Waals surface area contributed by atoms with E-state index in [4.69, 9.17) is 11.6 Å². The number of carbonyl (C=O) groups is 1. The zero-order valence-corrected chi connectivity index (χ0v) is 17.3. The van der Waals surface area contributed by atoms with E-state index in [-0.39, 0.29) is 5.91 Å². The van der Waals surface area contributed by atoms with Crippen molar-refractivity contribution in [1.29, 1.82) is 0 Å². The lowest BCUT2D eigenvalue weighted by atomic mass is 10.1. The molecule has 0 fully saturated rings. The Labute approximate surface area is 177 Å². The fraction of sp³-hybridized carbons (Fsp3) is 0.273. The Morgan fingerprint density at radius 3 is 2.40 bits per heavy atom. The number of alkyl halides is 3. The molecule has 1 amide bonds. The fourth-order valence-corrected chi connectivity index (χ4v) is 3.43. The molecular weight excluding hydrogens is 415 g/mol. The number of hydrogen-bond acceptors (Lipinski definition) is 2. The summed E-state index contributed by atoms with van der Waals surface area (Å²) < 4.78 is 39.6. The summed E-state index contributed by atoms with van der Waals surface area (Å²) in [7, 11) is 0. The lowest BCUT2D eigenvalue weighted by molar-refractivity contribution is -0.137. The van der Waals surface area contributed by atoms with Gasteiger partial charge >= 0.3 is 6.18 Å². The van der Waals surface area contributed by atoms with Crippen molar-refractivity contribution >= 4 is 17.5 Å². The summed E-state index contributed by atoms with van der Waals surface area (Å²) in [4.78, 5) is 12.7. The maximum absolute atomic E-state index is 12.7. The first-order valence-corrected chi connectivity index (χ1v) is 9.76. The highest BCUT2D eigenvalue weighted by Gasteiger charge is 2.29. The number of aryl methyl sites for hydroxylation is 1. The molecule has 1 aromatic heterocycles. The maximum atomic E-state index is 12.7. The predicted octanol–water partition coefficient (Wildman–Crippen LogP) is 5.19. The maximum Gasteiger partial charge on any atom is 0.416 e. The van der Waals surface area contributed by atoms with E-state index >= 15 is 0 Å². The highest BCUT2D eigenvalue weighted by Crippen LogP contribution is 2.29. The summed E-state index contributed by atoms with van der Waals surface area (Å²) in [5.74, 6) is -0.262. The molecule has 4 nitrogen and oxygen atoms in total. The average molecular weight is 436 g/mol. The van der Waals surface area contributed by atoms with Crippen molar-refractivity contribution in [3.05, 3.63) is 87.2 Å². The van der Waals surface area contributed by atoms with Crippen LogP contribution in [0.15, 0.2) is 48.5 Å². The van der Waals surface area contributed by atoms with Gasteiger partial charge in [0.25, 0.3) is 5.91 Å². The van der Waals surface area contributed by atoms with Gasteiger partial charge in [0.15, 0.2) is 0 Å². The monoisotopic (exact) mass is 435 g/mol. The third kappa shape index (κ3) is 5.02. The third-order valence-electron chi connectivity index (χ3n) is 4.87. The molecule has 30 heavy (non-hydrogen) atoms. The minimum absolute atomic E-state index is 0.262. The summed E-state index contributed by atoms with van der Waals surface area (Å²) in [5, 5.41) is 7.91. The van der Waals surface area contributed by atoms with E-state index in [1.807, 2.05) is 25.1 Å². The zero-order chi connectivity index (χ0) is 21.9. The van der Waals surface area contributed by atoms with Gasteiger partial charge in [-0.1, -0.05) is 41.9 Å². The first-order chi connectivity index (χ1) is 14.2. The molecule has 0 atom stereocenters. The Morgan fingerprint density at radius 2 is 1.77 bits per heavy atom. The highest BCUT2D eigenvalue weighted by atomic mass is 35.5. The number of amides is 1. The van der Waals surface area contributed by atoms with Crippen molar-refractivity contribution in [2.45, 2.75) is 33.0 Å². The minimum Gasteiger partial charge on any atom is -0.352 e. The molecule has 8 heteroatoms. The van der Waals surface area contributed by atoms with E-state index < -0.39 is 11.7 Å². The summed E-state index contributed by atoms with van der Waals surface area (Å²) in [6.07, 6.45) is -3.93. The van der Waals surface area contributed by atoms with Gasteiger partial charge in [0.1, 0.15) is 0 Å². The van der Waals surface area contributed by atoms with Gasteiger partial charge in [0, 0.05) is 17.3 Å². The SMILES string of the molecule is Cc1nn(Cc2ccccc2Cl)c(C)c1C(=O)NCCc1ccc(C(F)(F)F)cc1. The molecule has 0 saturated heterocycles. The first kappa shape index (κ1) is 21.9. The van der Waals surface area contributed by atoms with Crippen molar-refractivity contribution < 1.29 is 18.0 Å². The lowest BCUT2D eigenvalue weighted by Crippen LogP contribution is -2.26. The number of nitrogens with one attached hydrogen (secondary N) is 1. The minimum atomic E-state index is -4.36. The molecule has 1 heterocycles. The molecule has 0 aliphatic carbocycles. The average Bonchev–Trinajstić information content (AvgIpc) is 2.96. The van der Waals surface area contributed by atoms with Gasteiger partial charge in [0.2, 0.25) is 0 Å². The second-order valence-electron chi connectivity index (χ2n) is 7.00. The highest BCUT2D eigenvalue weighted by molar-refractivity contribution is 6.31. The quantitative estimate of drug-likeness (QED) is 0.579. The Morgan fingerprint density at radius 1 is 1.10 bits per heavy atom. The standard InChI is InChI=1S/C22H21ClF3N3O/c1-14-20(15(2)29(28-14)13-17-5-3-4-6-19(17)23)21(30)27-12-11-16-7-9-18(10-8-16)22(24,25)26/h3-10H,11-13H2,1-2H3,(H,27,30). The van der Waals surface area contributed by atoms with Gasteiger partial charge in [-0.25, -0.2) is 0 Å². The lowest BCUT2D eigenvalue weighted by Gasteiger charge is -2.09. The topological polar surface area (TPSA) is 46.9 Å². The van der Waals surface area contributed by atoms with Crippen molar-refractivity contribution in [2.75, 3.05) is 6.54 Å². The van der Waals surface area contributed by atoms with Crippen LogP contribution in [-0.4, -0.2) is 22.2 Å². The molecule has 3 rings (SSSR count). The van der Waals surface area contributed by atoms with Gasteiger partial charge in [-0.15, -0.1) is 0 Å². The van der Waals surface area contributed by atoms with E-state index in [0.717, 1.165) is 23.4 Å². The summed E-state index contributed by atoms with van der Waals surface area (Å²) >= 11 is 6.21. The van der Waals surface area contributed by atoms with Crippen LogP contribution < -0.4 is 5.32 Å². The van der Waals surface area contributed by atoms with Crippen LogP contribution in [0.2, 0.25) is 5.02 Å². The molecule has 0 radical (unpaired) electrons. The molecule has 0 aliphatic heterocycles. The Hall–Kier alpha value is -2.80. The number of hydrogen-bond donors (Lipinski definition) is 1. The van der Waals surface area contributed by atoms with E-state index in [1.165, 1.54) is 12.1 Å². The van der Waals surface area contributed by atoms with Crippen molar-refractivity contribution in [3.63, 3.8) is 0 Å². The molecule has 0 saturated carbocycles. The molecule has 0 aliphatic rings. The summed E-state index contributed by atoms with van der Waals surface area (Å²) in [6, 6.07) is 12.4. The van der Waals surface area contributed by atoms with Gasteiger partial charge in [0.05, 0.1) is 23.4 Å². The van der Waals surface area contributed by atoms with Crippen LogP contribution in [0, 0.1) is 13.8 Å². The van der Waals surface area contributed by atoms with E-state index in [9.17, 15) is 18.0 Å². The van der Waals surface area contributed by atoms with Crippen LogP contribution in [0.1, 0.15) is 38.4 Å². The molecule has 0 unspecified atom stereocenters. The molecule has 0 spiro atoms. The number of rotatable bonds is 6. The van der Waals surface area contributed by atoms with Crippen molar-refractivity contribution in [1.82, 2.24) is 15.1 Å². The smallest absolute Gasteiger partial charge is 0.352 e. The largest absolute Gasteiger partial charge is 0.416 e. The number of benzene rings is 2. The van der Waals surface area contributed by atoms with Crippen molar-refractivity contribution in [2.24, 2.45) is 0 Å². The van der Waals surface area contributed by atoms with Crippen LogP contribution in [0.25, 0.3) is 0 Å². The molecular formula is C22H21ClF3N3O. The first-order valence-electron chi connectivity index (χ1n) is 9.38. The third-order valence-corrected chi connectivity index (χ3v) is 5.24. The van der Waals surface area contributed by atoms with Crippen LogP contribution in [0.5, 0.6) is 0 Å². The fourth-order valence-electron chi connectivity index (χ4n) is 3.24. The number of aromatic nitrogens is 2. The molecule has 158 valence electrons. The van der Waals surface area contributed by atoms with Gasteiger partial charge in [-0.3, -0.25) is 9.48 Å². The Kier molecular flexibility index (Phi) is 6.51. The molecule has 3 aromatic rings. The number of halogens is 4. The summed E-state index contributed by atoms with van der Waals surface area (Å²) in [6.45, 7) is 4.34. The van der Waals surface area contributed by atoms with Gasteiger partial charge < -0.3 is 5.32 Å². The Balaban J connectivity index is 1.63. The van der Waals surface area contributed by atoms with Gasteiger partial charge in [-0.05, 0) is 49.6 Å². The normalized spacial score (nSPS) is 11.5. The second-order valence-corrected chi connectivity index (χ2v) is 7.40. The van der Waals surface area contributed by atoms with Gasteiger partial charge in [-0.2, -0.15) is 18.3 Å². The number of carbonyl (C=O) groups excluding carboxylic acids is 1. The van der Waals surface area contributed by atoms with Crippen molar-refractivity contribution in [3.8, 4) is 0 Å². The second kappa shape index (κ2) is 8.92. The molecule has 2 aromatic carbocycles. The van der Waals surface area contributed by atoms with E-state index in [2.05, 4.69) is 10.4 Å². The van der Waals surface area contributed by atoms with Crippen LogP contribution in [-0.2, 0) is 19.1 Å². The molecule has 1 N–H and O–H groups in total. The predicted molar refractivity (Wildman–Crippen MR) is 110 cm³/mol. The summed E-state index contributed by atoms with van der Waals surface area (Å²) in [5.41, 5.74) is 2.75. The number of nitrogens with zero attached hydrogens (tertiary/aromatic N) is 2. The molecule has 0 bridgehead atoms. The van der Waals surface area contributed by atoms with Crippen LogP contribution in [0.4, 0.5) is 13.2 Å².